The molecule has 1 N–H and O–H groups in total. The molecule has 17 heavy (non-hydrogen) atoms. The van der Waals surface area contributed by atoms with Gasteiger partial charge in [-0.2, -0.15) is 0 Å². The van der Waals surface area contributed by atoms with Crippen LogP contribution in [0, 0.1) is 5.92 Å². The molecule has 96 valence electrons. The first kappa shape index (κ1) is 13.6. The molecule has 0 radical (unpaired) electrons. The third-order valence-electron chi connectivity index (χ3n) is 3.69. The predicted octanol–water partition coefficient (Wildman–Crippen LogP) is 4.77. The summed E-state index contributed by atoms with van der Waals surface area (Å²) in [5, 5.41) is 12.1. The topological polar surface area (TPSA) is 20.2 Å². The van der Waals surface area contributed by atoms with Gasteiger partial charge in [-0.3, -0.25) is 0 Å². The molecule has 1 fully saturated rings. The zero-order valence-electron chi connectivity index (χ0n) is 10.2. The third kappa shape index (κ3) is 4.72. The van der Waals surface area contributed by atoms with Gasteiger partial charge in [-0.1, -0.05) is 32.1 Å². The van der Waals surface area contributed by atoms with Gasteiger partial charge in [0.05, 0.1) is 6.10 Å². The number of aliphatic hydroxyl groups is 1. The summed E-state index contributed by atoms with van der Waals surface area (Å²) in [6.07, 6.45) is 9.85. The number of halogens is 1. The Bertz CT molecular complexity index is 331. The molecule has 0 aliphatic heterocycles. The van der Waals surface area contributed by atoms with Crippen LogP contribution in [-0.2, 0) is 6.42 Å². The van der Waals surface area contributed by atoms with Gasteiger partial charge in [-0.25, -0.2) is 0 Å². The van der Waals surface area contributed by atoms with Crippen LogP contribution < -0.4 is 0 Å². The van der Waals surface area contributed by atoms with Gasteiger partial charge < -0.3 is 5.11 Å². The summed E-state index contributed by atoms with van der Waals surface area (Å²) in [6, 6.07) is 2.12. The van der Waals surface area contributed by atoms with Crippen LogP contribution in [0.15, 0.2) is 15.9 Å². The molecule has 1 aromatic heterocycles. The monoisotopic (exact) mass is 316 g/mol. The van der Waals surface area contributed by atoms with Crippen molar-refractivity contribution >= 4 is 27.3 Å². The highest BCUT2D eigenvalue weighted by Crippen LogP contribution is 2.28. The van der Waals surface area contributed by atoms with E-state index >= 15 is 0 Å². The first-order valence-corrected chi connectivity index (χ1v) is 8.32. The minimum atomic E-state index is -0.150. The zero-order chi connectivity index (χ0) is 12.1. The molecule has 0 aromatic carbocycles. The second kappa shape index (κ2) is 6.91. The van der Waals surface area contributed by atoms with Crippen molar-refractivity contribution in [2.75, 3.05) is 0 Å². The number of hydrogen-bond donors (Lipinski definition) is 1. The molecule has 0 spiro atoms. The zero-order valence-corrected chi connectivity index (χ0v) is 12.6. The maximum Gasteiger partial charge on any atom is 0.0588 e. The van der Waals surface area contributed by atoms with Gasteiger partial charge >= 0.3 is 0 Å². The van der Waals surface area contributed by atoms with E-state index in [1.54, 1.807) is 11.3 Å². The fourth-order valence-electron chi connectivity index (χ4n) is 2.70. The molecule has 1 heterocycles. The summed E-state index contributed by atoms with van der Waals surface area (Å²) in [5.74, 6) is 0.883. The van der Waals surface area contributed by atoms with Crippen LogP contribution in [0.5, 0.6) is 0 Å². The molecule has 1 atom stereocenters. The van der Waals surface area contributed by atoms with E-state index in [2.05, 4.69) is 27.4 Å². The molecule has 0 bridgehead atoms. The second-order valence-electron chi connectivity index (χ2n) is 5.17. The van der Waals surface area contributed by atoms with E-state index in [1.165, 1.54) is 43.4 Å². The van der Waals surface area contributed by atoms with Crippen molar-refractivity contribution in [3.8, 4) is 0 Å². The van der Waals surface area contributed by atoms with E-state index in [0.717, 1.165) is 23.2 Å². The summed E-state index contributed by atoms with van der Waals surface area (Å²) in [6.45, 7) is 0. The Morgan fingerprint density at radius 2 is 2.12 bits per heavy atom. The largest absolute Gasteiger partial charge is 0.393 e. The van der Waals surface area contributed by atoms with Crippen molar-refractivity contribution < 1.29 is 5.11 Å². The van der Waals surface area contributed by atoms with Crippen molar-refractivity contribution in [3.05, 3.63) is 20.8 Å². The number of thiophene rings is 1. The Hall–Kier alpha value is 0.140. The molecule has 0 amide bonds. The van der Waals surface area contributed by atoms with E-state index < -0.39 is 0 Å². The van der Waals surface area contributed by atoms with Crippen LogP contribution in [0.25, 0.3) is 0 Å². The Kier molecular flexibility index (Phi) is 5.51. The van der Waals surface area contributed by atoms with Crippen molar-refractivity contribution in [2.24, 2.45) is 5.92 Å². The molecule has 0 saturated heterocycles. The van der Waals surface area contributed by atoms with Gasteiger partial charge in [0.2, 0.25) is 0 Å². The highest BCUT2D eigenvalue weighted by Gasteiger charge is 2.15. The molecule has 1 unspecified atom stereocenters. The molecule has 1 saturated carbocycles. The van der Waals surface area contributed by atoms with E-state index in [9.17, 15) is 5.11 Å². The highest BCUT2D eigenvalue weighted by molar-refractivity contribution is 9.10. The van der Waals surface area contributed by atoms with Gasteiger partial charge in [0.25, 0.3) is 0 Å². The van der Waals surface area contributed by atoms with Gasteiger partial charge in [-0.05, 0) is 40.8 Å². The summed E-state index contributed by atoms with van der Waals surface area (Å²) < 4.78 is 1.14. The quantitative estimate of drug-likeness (QED) is 0.829. The lowest BCUT2D eigenvalue weighted by Crippen LogP contribution is -2.14. The van der Waals surface area contributed by atoms with Crippen molar-refractivity contribution in [2.45, 2.75) is 57.5 Å². The Balaban J connectivity index is 1.68. The van der Waals surface area contributed by atoms with Crippen molar-refractivity contribution in [1.29, 1.82) is 0 Å². The summed E-state index contributed by atoms with van der Waals surface area (Å²) in [7, 11) is 0. The van der Waals surface area contributed by atoms with E-state index in [0.29, 0.717) is 0 Å². The van der Waals surface area contributed by atoms with E-state index in [1.807, 2.05) is 0 Å². The first-order chi connectivity index (χ1) is 8.24. The average Bonchev–Trinajstić information content (AvgIpc) is 2.73. The maximum absolute atomic E-state index is 10.0. The first-order valence-electron chi connectivity index (χ1n) is 6.65. The van der Waals surface area contributed by atoms with Crippen LogP contribution >= 0.6 is 27.3 Å². The molecule has 1 nitrogen and oxygen atoms in total. The number of rotatable bonds is 5. The summed E-state index contributed by atoms with van der Waals surface area (Å²) >= 11 is 5.18. The lowest BCUT2D eigenvalue weighted by atomic mass is 9.85. The normalized spacial score (nSPS) is 19.4. The molecular formula is C14H21BrOS. The van der Waals surface area contributed by atoms with Gasteiger partial charge in [0.1, 0.15) is 0 Å². The SMILES string of the molecule is OC(CCC1CCCCC1)Cc1cc(Br)cs1. The lowest BCUT2D eigenvalue weighted by molar-refractivity contribution is 0.150. The molecule has 1 aromatic rings. The minimum absolute atomic E-state index is 0.150. The predicted molar refractivity (Wildman–Crippen MR) is 77.5 cm³/mol. The fraction of sp³-hybridized carbons (Fsp3) is 0.714. The fourth-order valence-corrected chi connectivity index (χ4v) is 4.22. The summed E-state index contributed by atoms with van der Waals surface area (Å²) in [5.41, 5.74) is 0. The van der Waals surface area contributed by atoms with Crippen LogP contribution in [0.2, 0.25) is 0 Å². The van der Waals surface area contributed by atoms with Gasteiger partial charge in [0.15, 0.2) is 0 Å². The van der Waals surface area contributed by atoms with Gasteiger partial charge in [0, 0.05) is 21.2 Å². The number of hydrogen-bond acceptors (Lipinski definition) is 2. The van der Waals surface area contributed by atoms with E-state index in [-0.39, 0.29) is 6.10 Å². The van der Waals surface area contributed by atoms with Crippen molar-refractivity contribution in [1.82, 2.24) is 0 Å². The second-order valence-corrected chi connectivity index (χ2v) is 7.08. The third-order valence-corrected chi connectivity index (χ3v) is 5.41. The van der Waals surface area contributed by atoms with Crippen LogP contribution in [0.3, 0.4) is 0 Å². The standard InChI is InChI=1S/C14H21BrOS/c15-12-8-14(17-10-12)9-13(16)7-6-11-4-2-1-3-5-11/h8,10-11,13,16H,1-7,9H2. The Morgan fingerprint density at radius 3 is 2.76 bits per heavy atom. The van der Waals surface area contributed by atoms with E-state index in [4.69, 9.17) is 0 Å². The number of aliphatic hydroxyl groups excluding tert-OH is 1. The Labute approximate surface area is 116 Å². The molecule has 1 aliphatic carbocycles. The summed E-state index contributed by atoms with van der Waals surface area (Å²) in [4.78, 5) is 1.29. The van der Waals surface area contributed by atoms with Crippen LogP contribution in [0.4, 0.5) is 0 Å². The highest BCUT2D eigenvalue weighted by atomic mass is 79.9. The molecule has 1 aliphatic rings. The Morgan fingerprint density at radius 1 is 1.35 bits per heavy atom. The smallest absolute Gasteiger partial charge is 0.0588 e. The maximum atomic E-state index is 10.0. The lowest BCUT2D eigenvalue weighted by Gasteiger charge is -2.22. The van der Waals surface area contributed by atoms with Crippen LogP contribution in [0.1, 0.15) is 49.8 Å². The molecule has 3 heteroatoms. The average molecular weight is 317 g/mol. The minimum Gasteiger partial charge on any atom is -0.393 e. The molecule has 2 rings (SSSR count). The van der Waals surface area contributed by atoms with Crippen molar-refractivity contribution in [3.63, 3.8) is 0 Å². The van der Waals surface area contributed by atoms with Crippen LogP contribution in [-0.4, -0.2) is 11.2 Å². The molecular weight excluding hydrogens is 296 g/mol. The van der Waals surface area contributed by atoms with Gasteiger partial charge in [-0.15, -0.1) is 11.3 Å².